The highest BCUT2D eigenvalue weighted by molar-refractivity contribution is 5.50. The lowest BCUT2D eigenvalue weighted by molar-refractivity contribution is 0.551. The van der Waals surface area contributed by atoms with E-state index in [-0.39, 0.29) is 0 Å². The van der Waals surface area contributed by atoms with Crippen LogP contribution in [-0.4, -0.2) is 6.29 Å². The Morgan fingerprint density at radius 1 is 1.08 bits per heavy atom. The van der Waals surface area contributed by atoms with Crippen LogP contribution in [0, 0.1) is 0 Å². The first kappa shape index (κ1) is 11.4. The lowest BCUT2D eigenvalue weighted by Gasteiger charge is -1.93. The van der Waals surface area contributed by atoms with Gasteiger partial charge in [-0.2, -0.15) is 0 Å². The SMILES string of the molecule is CCCCCC/C=C/CC[C]=O. The normalized spacial score (nSPS) is 10.8. The van der Waals surface area contributed by atoms with E-state index < -0.39 is 0 Å². The van der Waals surface area contributed by atoms with E-state index in [2.05, 4.69) is 19.1 Å². The molecule has 0 aliphatic carbocycles. The first-order chi connectivity index (χ1) is 5.91. The van der Waals surface area contributed by atoms with Crippen LogP contribution in [-0.2, 0) is 4.79 Å². The molecule has 0 rings (SSSR count). The molecule has 0 bridgehead atoms. The third-order valence-electron chi connectivity index (χ3n) is 1.80. The summed E-state index contributed by atoms with van der Waals surface area (Å²) < 4.78 is 0. The Labute approximate surface area is 75.9 Å². The molecule has 0 spiro atoms. The molecule has 0 aromatic carbocycles. The van der Waals surface area contributed by atoms with Crippen LogP contribution in [0.2, 0.25) is 0 Å². The van der Waals surface area contributed by atoms with Crippen molar-refractivity contribution in [2.75, 3.05) is 0 Å². The van der Waals surface area contributed by atoms with E-state index in [1.807, 2.05) is 6.29 Å². The van der Waals surface area contributed by atoms with Crippen LogP contribution in [0.4, 0.5) is 0 Å². The lowest BCUT2D eigenvalue weighted by atomic mass is 10.1. The van der Waals surface area contributed by atoms with Gasteiger partial charge in [0, 0.05) is 6.42 Å². The van der Waals surface area contributed by atoms with Gasteiger partial charge < -0.3 is 0 Å². The third-order valence-corrected chi connectivity index (χ3v) is 1.80. The van der Waals surface area contributed by atoms with Gasteiger partial charge in [0.2, 0.25) is 0 Å². The van der Waals surface area contributed by atoms with E-state index in [0.29, 0.717) is 6.42 Å². The van der Waals surface area contributed by atoms with Gasteiger partial charge in [0.05, 0.1) is 0 Å². The number of carbonyl (C=O) groups excluding carboxylic acids is 1. The van der Waals surface area contributed by atoms with Crippen molar-refractivity contribution in [3.05, 3.63) is 12.2 Å². The zero-order valence-corrected chi connectivity index (χ0v) is 8.01. The topological polar surface area (TPSA) is 17.1 Å². The maximum atomic E-state index is 9.82. The highest BCUT2D eigenvalue weighted by atomic mass is 16.1. The molecule has 69 valence electrons. The predicted octanol–water partition coefficient (Wildman–Crippen LogP) is 3.40. The summed E-state index contributed by atoms with van der Waals surface area (Å²) >= 11 is 0. The lowest BCUT2D eigenvalue weighted by Crippen LogP contribution is -1.74. The largest absolute Gasteiger partial charge is 0.291 e. The van der Waals surface area contributed by atoms with Gasteiger partial charge in [0.1, 0.15) is 0 Å². The third kappa shape index (κ3) is 9.41. The Hall–Kier alpha value is -0.590. The predicted molar refractivity (Wildman–Crippen MR) is 52.8 cm³/mol. The van der Waals surface area contributed by atoms with Crippen molar-refractivity contribution in [1.82, 2.24) is 0 Å². The van der Waals surface area contributed by atoms with Gasteiger partial charge in [-0.05, 0) is 19.3 Å². The summed E-state index contributed by atoms with van der Waals surface area (Å²) in [7, 11) is 0. The minimum absolute atomic E-state index is 0.547. The smallest absolute Gasteiger partial charge is 0.198 e. The highest BCUT2D eigenvalue weighted by Gasteiger charge is 1.84. The van der Waals surface area contributed by atoms with Crippen LogP contribution in [0.1, 0.15) is 51.9 Å². The molecular weight excluding hydrogens is 148 g/mol. The first-order valence-corrected chi connectivity index (χ1v) is 4.91. The molecule has 0 atom stereocenters. The summed E-state index contributed by atoms with van der Waals surface area (Å²) in [6.07, 6.45) is 14.0. The summed E-state index contributed by atoms with van der Waals surface area (Å²) in [6.45, 7) is 2.22. The van der Waals surface area contributed by atoms with E-state index >= 15 is 0 Å². The van der Waals surface area contributed by atoms with Gasteiger partial charge in [-0.25, -0.2) is 0 Å². The second-order valence-corrected chi connectivity index (χ2v) is 3.00. The second-order valence-electron chi connectivity index (χ2n) is 3.00. The fourth-order valence-corrected chi connectivity index (χ4v) is 1.07. The average molecular weight is 167 g/mol. The molecule has 0 unspecified atom stereocenters. The summed E-state index contributed by atoms with van der Waals surface area (Å²) in [5, 5.41) is 0. The van der Waals surface area contributed by atoms with Crippen LogP contribution < -0.4 is 0 Å². The standard InChI is InChI=1S/C11H19O/c1-2-3-4-5-6-7-8-9-10-11-12/h7-8H,2-6,9-10H2,1H3/b8-7+. The Kier molecular flexibility index (Phi) is 9.90. The van der Waals surface area contributed by atoms with Crippen LogP contribution in [0.15, 0.2) is 12.2 Å². The van der Waals surface area contributed by atoms with Crippen LogP contribution in [0.5, 0.6) is 0 Å². The second kappa shape index (κ2) is 10.4. The number of hydrogen-bond donors (Lipinski definition) is 0. The van der Waals surface area contributed by atoms with Gasteiger partial charge in [0.25, 0.3) is 0 Å². The molecule has 0 saturated carbocycles. The van der Waals surface area contributed by atoms with Crippen molar-refractivity contribution in [3.63, 3.8) is 0 Å². The summed E-state index contributed by atoms with van der Waals surface area (Å²) in [5.41, 5.74) is 0. The Bertz CT molecular complexity index is 116. The van der Waals surface area contributed by atoms with Gasteiger partial charge in [-0.3, -0.25) is 4.79 Å². The average Bonchev–Trinajstić information content (AvgIpc) is 2.10. The van der Waals surface area contributed by atoms with Crippen LogP contribution in [0.25, 0.3) is 0 Å². The molecule has 1 heteroatoms. The summed E-state index contributed by atoms with van der Waals surface area (Å²) in [6, 6.07) is 0. The van der Waals surface area contributed by atoms with Crippen molar-refractivity contribution in [2.45, 2.75) is 51.9 Å². The van der Waals surface area contributed by atoms with E-state index in [1.54, 1.807) is 0 Å². The molecule has 0 aliphatic rings. The van der Waals surface area contributed by atoms with Gasteiger partial charge >= 0.3 is 0 Å². The van der Waals surface area contributed by atoms with Crippen molar-refractivity contribution in [3.8, 4) is 0 Å². The Morgan fingerprint density at radius 3 is 2.50 bits per heavy atom. The van der Waals surface area contributed by atoms with Crippen molar-refractivity contribution in [1.29, 1.82) is 0 Å². The van der Waals surface area contributed by atoms with Crippen LogP contribution >= 0.6 is 0 Å². The van der Waals surface area contributed by atoms with E-state index in [0.717, 1.165) is 6.42 Å². The van der Waals surface area contributed by atoms with Crippen LogP contribution in [0.3, 0.4) is 0 Å². The van der Waals surface area contributed by atoms with E-state index in [9.17, 15) is 4.79 Å². The number of hydrogen-bond acceptors (Lipinski definition) is 1. The number of allylic oxidation sites excluding steroid dienone is 2. The molecule has 1 nitrogen and oxygen atoms in total. The molecule has 0 aliphatic heterocycles. The van der Waals surface area contributed by atoms with Crippen molar-refractivity contribution >= 4 is 6.29 Å². The molecule has 0 saturated heterocycles. The van der Waals surface area contributed by atoms with E-state index in [4.69, 9.17) is 0 Å². The summed E-state index contributed by atoms with van der Waals surface area (Å²) in [5.74, 6) is 0. The van der Waals surface area contributed by atoms with Crippen molar-refractivity contribution in [2.24, 2.45) is 0 Å². The maximum absolute atomic E-state index is 9.82. The van der Waals surface area contributed by atoms with Crippen molar-refractivity contribution < 1.29 is 4.79 Å². The van der Waals surface area contributed by atoms with Gasteiger partial charge in [-0.1, -0.05) is 38.3 Å². The molecule has 0 aromatic heterocycles. The first-order valence-electron chi connectivity index (χ1n) is 4.91. The monoisotopic (exact) mass is 167 g/mol. The van der Waals surface area contributed by atoms with Gasteiger partial charge in [0.15, 0.2) is 6.29 Å². The molecule has 0 N–H and O–H groups in total. The number of unbranched alkanes of at least 4 members (excludes halogenated alkanes) is 5. The molecule has 0 aromatic rings. The molecular formula is C11H19O. The molecule has 12 heavy (non-hydrogen) atoms. The minimum atomic E-state index is 0.547. The molecule has 0 heterocycles. The fourth-order valence-electron chi connectivity index (χ4n) is 1.07. The fraction of sp³-hybridized carbons (Fsp3) is 0.727. The van der Waals surface area contributed by atoms with E-state index in [1.165, 1.54) is 32.1 Å². The molecule has 0 fully saturated rings. The zero-order valence-electron chi connectivity index (χ0n) is 8.01. The molecule has 0 amide bonds. The summed E-state index contributed by atoms with van der Waals surface area (Å²) in [4.78, 5) is 9.82. The highest BCUT2D eigenvalue weighted by Crippen LogP contribution is 2.03. The molecule has 1 radical (unpaired) electrons. The quantitative estimate of drug-likeness (QED) is 0.400. The Balaban J connectivity index is 2.97. The maximum Gasteiger partial charge on any atom is 0.198 e. The Morgan fingerprint density at radius 2 is 1.83 bits per heavy atom. The van der Waals surface area contributed by atoms with Gasteiger partial charge in [-0.15, -0.1) is 0 Å². The number of rotatable bonds is 8. The minimum Gasteiger partial charge on any atom is -0.291 e. The zero-order chi connectivity index (χ0) is 9.07.